The molecule has 0 spiro atoms. The van der Waals surface area contributed by atoms with Crippen molar-refractivity contribution in [2.75, 3.05) is 44.3 Å². The summed E-state index contributed by atoms with van der Waals surface area (Å²) in [6.45, 7) is 2.64. The van der Waals surface area contributed by atoms with Crippen LogP contribution in [0.5, 0.6) is 0 Å². The summed E-state index contributed by atoms with van der Waals surface area (Å²) in [6, 6.07) is 1.76. The van der Waals surface area contributed by atoms with Crippen LogP contribution >= 0.6 is 17.0 Å². The van der Waals surface area contributed by atoms with E-state index in [1.807, 2.05) is 0 Å². The molecular weight excluding hydrogens is 394 g/mol. The molecule has 1 atom stereocenters. The van der Waals surface area contributed by atoms with Gasteiger partial charge in [-0.15, -0.1) is 17.0 Å². The zero-order chi connectivity index (χ0) is 17.0. The molecule has 2 aliphatic heterocycles. The maximum atomic E-state index is 12.9. The van der Waals surface area contributed by atoms with E-state index in [-0.39, 0.29) is 29.4 Å². The van der Waals surface area contributed by atoms with Gasteiger partial charge in [-0.1, -0.05) is 10.1 Å². The number of aliphatic hydroxyl groups is 1. The van der Waals surface area contributed by atoms with E-state index in [4.69, 9.17) is 10.3 Å². The predicted molar refractivity (Wildman–Crippen MR) is 93.1 cm³/mol. The predicted octanol–water partition coefficient (Wildman–Crippen LogP) is 0.0148. The van der Waals surface area contributed by atoms with Gasteiger partial charge in [0.15, 0.2) is 0 Å². The summed E-state index contributed by atoms with van der Waals surface area (Å²) in [4.78, 5) is 23.2. The zero-order valence-corrected chi connectivity index (χ0v) is 15.4. The molecule has 1 unspecified atom stereocenters. The summed E-state index contributed by atoms with van der Waals surface area (Å²) >= 11 is 0. The first-order chi connectivity index (χ1) is 11.7. The highest BCUT2D eigenvalue weighted by Gasteiger charge is 2.57. The van der Waals surface area contributed by atoms with Crippen molar-refractivity contribution in [3.05, 3.63) is 28.9 Å². The Morgan fingerprint density at radius 2 is 2.28 bits per heavy atom. The van der Waals surface area contributed by atoms with Crippen LogP contribution in [0.4, 0.5) is 5.95 Å². The van der Waals surface area contributed by atoms with Crippen LogP contribution in [-0.2, 0) is 16.1 Å². The average Bonchev–Trinajstić information content (AvgIpc) is 2.91. The van der Waals surface area contributed by atoms with E-state index in [0.717, 1.165) is 0 Å². The Morgan fingerprint density at radius 1 is 1.52 bits per heavy atom. The molecule has 11 heteroatoms. The van der Waals surface area contributed by atoms with Crippen molar-refractivity contribution >= 4 is 28.8 Å². The number of amides is 1. The van der Waals surface area contributed by atoms with Crippen molar-refractivity contribution in [2.24, 2.45) is 5.11 Å². The summed E-state index contributed by atoms with van der Waals surface area (Å²) < 4.78 is 7.03. The lowest BCUT2D eigenvalue weighted by atomic mass is 10.1. The monoisotopic (exact) mass is 414 g/mol. The molecule has 136 valence electrons. The normalized spacial score (nSPS) is 22.0. The Bertz CT molecular complexity index is 664. The minimum Gasteiger partial charge on any atom is -0.378 e. The fourth-order valence-corrected chi connectivity index (χ4v) is 3.06. The maximum Gasteiger partial charge on any atom is 0.396 e. The molecular formula is C14H21BrN7O3+. The van der Waals surface area contributed by atoms with E-state index in [1.54, 1.807) is 32.8 Å². The highest BCUT2D eigenvalue weighted by atomic mass is 79.9. The number of azide groups is 1. The van der Waals surface area contributed by atoms with Crippen LogP contribution in [-0.4, -0.2) is 66.0 Å². The number of halogens is 1. The van der Waals surface area contributed by atoms with Gasteiger partial charge in [0.2, 0.25) is 0 Å². The number of hydrogen-bond donors (Lipinski definition) is 1. The Morgan fingerprint density at radius 3 is 3.00 bits per heavy atom. The van der Waals surface area contributed by atoms with Gasteiger partial charge >= 0.3 is 5.95 Å². The van der Waals surface area contributed by atoms with Crippen molar-refractivity contribution in [1.82, 2.24) is 9.88 Å². The smallest absolute Gasteiger partial charge is 0.378 e. The third-order valence-electron chi connectivity index (χ3n) is 4.22. The number of carbonyl (C=O) groups is 1. The van der Waals surface area contributed by atoms with Crippen LogP contribution in [0, 0.1) is 0 Å². The third kappa shape index (κ3) is 3.84. The maximum absolute atomic E-state index is 12.9. The van der Waals surface area contributed by atoms with E-state index in [1.165, 1.54) is 0 Å². The van der Waals surface area contributed by atoms with Gasteiger partial charge in [-0.05, 0) is 12.0 Å². The number of anilines is 1. The SMILES string of the molecule is Br.[N-]=[N+]=NCCCN1c2nccc[n+]2CC1(O)C(=O)N1CCOCC1. The van der Waals surface area contributed by atoms with Gasteiger partial charge in [-0.2, -0.15) is 0 Å². The molecule has 1 amide bonds. The minimum atomic E-state index is -1.69. The molecule has 3 rings (SSSR count). The Balaban J connectivity index is 0.00000225. The van der Waals surface area contributed by atoms with E-state index in [2.05, 4.69) is 15.0 Å². The van der Waals surface area contributed by atoms with E-state index >= 15 is 0 Å². The number of nitrogens with zero attached hydrogens (tertiary/aromatic N) is 7. The highest BCUT2D eigenvalue weighted by Crippen LogP contribution is 2.27. The first-order valence-electron chi connectivity index (χ1n) is 7.89. The largest absolute Gasteiger partial charge is 0.396 e. The lowest BCUT2D eigenvalue weighted by Crippen LogP contribution is -2.61. The van der Waals surface area contributed by atoms with Crippen LogP contribution in [0.3, 0.4) is 0 Å². The quantitative estimate of drug-likeness (QED) is 0.239. The van der Waals surface area contributed by atoms with Gasteiger partial charge in [-0.3, -0.25) is 4.79 Å². The molecule has 1 aromatic rings. The Kier molecular flexibility index (Phi) is 6.54. The van der Waals surface area contributed by atoms with Gasteiger partial charge in [0.05, 0.1) is 26.0 Å². The molecule has 25 heavy (non-hydrogen) atoms. The fourth-order valence-electron chi connectivity index (χ4n) is 3.06. The summed E-state index contributed by atoms with van der Waals surface area (Å²) in [7, 11) is 0. The lowest BCUT2D eigenvalue weighted by Gasteiger charge is -2.34. The molecule has 0 bridgehead atoms. The number of aromatic nitrogens is 2. The van der Waals surface area contributed by atoms with Crippen LogP contribution < -0.4 is 9.47 Å². The fraction of sp³-hybridized carbons (Fsp3) is 0.643. The van der Waals surface area contributed by atoms with Gasteiger partial charge in [-0.25, -0.2) is 9.47 Å². The highest BCUT2D eigenvalue weighted by molar-refractivity contribution is 8.93. The van der Waals surface area contributed by atoms with Crippen LogP contribution in [0.25, 0.3) is 10.4 Å². The van der Waals surface area contributed by atoms with Gasteiger partial charge in [0, 0.05) is 30.6 Å². The molecule has 3 heterocycles. The average molecular weight is 415 g/mol. The van der Waals surface area contributed by atoms with Gasteiger partial charge in [0.25, 0.3) is 11.6 Å². The van der Waals surface area contributed by atoms with E-state index in [0.29, 0.717) is 51.8 Å². The Hall–Kier alpha value is -1.94. The van der Waals surface area contributed by atoms with Crippen LogP contribution in [0.15, 0.2) is 23.6 Å². The topological polar surface area (TPSA) is 119 Å². The lowest BCUT2D eigenvalue weighted by molar-refractivity contribution is -0.682. The Labute approximate surface area is 155 Å². The van der Waals surface area contributed by atoms with Crippen molar-refractivity contribution in [3.63, 3.8) is 0 Å². The van der Waals surface area contributed by atoms with Gasteiger partial charge < -0.3 is 14.7 Å². The summed E-state index contributed by atoms with van der Waals surface area (Å²) in [5.74, 6) is 0.183. The molecule has 10 nitrogen and oxygen atoms in total. The number of ether oxygens (including phenoxy) is 1. The minimum absolute atomic E-state index is 0. The molecule has 1 saturated heterocycles. The number of rotatable bonds is 5. The number of carbonyl (C=O) groups excluding carboxylic acids is 1. The number of fused-ring (bicyclic) bond motifs is 1. The molecule has 1 fully saturated rings. The van der Waals surface area contributed by atoms with E-state index in [9.17, 15) is 9.90 Å². The first-order valence-corrected chi connectivity index (χ1v) is 7.89. The molecule has 1 N–H and O–H groups in total. The first kappa shape index (κ1) is 19.4. The molecule has 0 aromatic carbocycles. The second-order valence-corrected chi connectivity index (χ2v) is 5.73. The third-order valence-corrected chi connectivity index (χ3v) is 4.22. The van der Waals surface area contributed by atoms with Crippen molar-refractivity contribution in [1.29, 1.82) is 0 Å². The zero-order valence-electron chi connectivity index (χ0n) is 13.7. The molecule has 1 aromatic heterocycles. The van der Waals surface area contributed by atoms with Crippen molar-refractivity contribution in [3.8, 4) is 0 Å². The molecule has 2 aliphatic rings. The summed E-state index contributed by atoms with van der Waals surface area (Å²) in [6.07, 6.45) is 3.92. The summed E-state index contributed by atoms with van der Waals surface area (Å²) in [5.41, 5.74) is 6.70. The second kappa shape index (κ2) is 8.43. The van der Waals surface area contributed by atoms with E-state index < -0.39 is 5.72 Å². The van der Waals surface area contributed by atoms with Crippen molar-refractivity contribution < 1.29 is 19.2 Å². The van der Waals surface area contributed by atoms with Gasteiger partial charge in [0.1, 0.15) is 12.7 Å². The standard InChI is InChI=1S/C14H20N7O3.BrH/c15-18-17-4-2-6-21-13-16-3-1-5-20(13)11-14(21,23)12(22)19-7-9-24-10-8-19;/h1,3,5,23H,2,4,6-11H2;1H/q+1;. The summed E-state index contributed by atoms with van der Waals surface area (Å²) in [5, 5.41) is 14.7. The van der Waals surface area contributed by atoms with Crippen LogP contribution in [0.1, 0.15) is 6.42 Å². The molecule has 0 aliphatic carbocycles. The molecule has 0 saturated carbocycles. The molecule has 0 radical (unpaired) electrons. The second-order valence-electron chi connectivity index (χ2n) is 5.73. The van der Waals surface area contributed by atoms with Crippen LogP contribution in [0.2, 0.25) is 0 Å². The van der Waals surface area contributed by atoms with Crippen molar-refractivity contribution in [2.45, 2.75) is 18.7 Å². The number of hydrogen-bond acceptors (Lipinski definition) is 6. The number of morpholine rings is 1.